The summed E-state index contributed by atoms with van der Waals surface area (Å²) in [6, 6.07) is 11.0. The maximum Gasteiger partial charge on any atom is 0.534 e. The molecule has 1 atom stereocenters. The minimum absolute atomic E-state index is 0.0578. The van der Waals surface area contributed by atoms with Crippen LogP contribution in [0.5, 0.6) is 0 Å². The number of alkyl halides is 3. The zero-order chi connectivity index (χ0) is 16.4. The van der Waals surface area contributed by atoms with Gasteiger partial charge in [0.25, 0.3) is 0 Å². The lowest BCUT2D eigenvalue weighted by molar-refractivity contribution is -0.0524. The average Bonchev–Trinajstić information content (AvgIpc) is 2.48. The Balaban J connectivity index is 2.21. The second-order valence-electron chi connectivity index (χ2n) is 4.92. The van der Waals surface area contributed by atoms with E-state index in [1.54, 1.807) is 30.3 Å². The first kappa shape index (κ1) is 16.4. The van der Waals surface area contributed by atoms with Crippen LogP contribution in [0, 0.1) is 11.3 Å². The Bertz CT molecular complexity index is 720. The largest absolute Gasteiger partial charge is 0.534 e. The minimum Gasteiger partial charge on any atom is -0.381 e. The molecule has 0 saturated carbocycles. The van der Waals surface area contributed by atoms with E-state index < -0.39 is 21.0 Å². The molecule has 0 N–H and O–H groups in total. The van der Waals surface area contributed by atoms with E-state index in [1.165, 1.54) is 6.08 Å². The standard InChI is InChI=1S/C14H12F3NO3S/c15-14(16,17)22(19,20)21-12-6-8-13(10-18,9-7-12)11-4-2-1-3-5-11/h1-6H,7-9H2. The van der Waals surface area contributed by atoms with Gasteiger partial charge in [0.1, 0.15) is 5.76 Å². The van der Waals surface area contributed by atoms with Gasteiger partial charge in [0.05, 0.1) is 11.5 Å². The van der Waals surface area contributed by atoms with Crippen LogP contribution in [0.2, 0.25) is 0 Å². The van der Waals surface area contributed by atoms with Crippen LogP contribution < -0.4 is 0 Å². The average molecular weight is 331 g/mol. The van der Waals surface area contributed by atoms with E-state index in [0.29, 0.717) is 0 Å². The lowest BCUT2D eigenvalue weighted by Crippen LogP contribution is -2.29. The van der Waals surface area contributed by atoms with Crippen molar-refractivity contribution in [3.05, 3.63) is 47.7 Å². The second kappa shape index (κ2) is 5.65. The van der Waals surface area contributed by atoms with Crippen LogP contribution in [-0.4, -0.2) is 13.9 Å². The highest BCUT2D eigenvalue weighted by Crippen LogP contribution is 2.39. The van der Waals surface area contributed by atoms with Crippen molar-refractivity contribution in [3.63, 3.8) is 0 Å². The summed E-state index contributed by atoms with van der Waals surface area (Å²) in [6.45, 7) is 0. The van der Waals surface area contributed by atoms with E-state index in [-0.39, 0.29) is 25.0 Å². The van der Waals surface area contributed by atoms with Crippen molar-refractivity contribution in [2.75, 3.05) is 0 Å². The molecule has 0 spiro atoms. The molecule has 0 bridgehead atoms. The molecule has 4 nitrogen and oxygen atoms in total. The summed E-state index contributed by atoms with van der Waals surface area (Å²) in [7, 11) is -5.66. The van der Waals surface area contributed by atoms with Gasteiger partial charge in [-0.25, -0.2) is 0 Å². The highest BCUT2D eigenvalue weighted by atomic mass is 32.2. The van der Waals surface area contributed by atoms with E-state index in [2.05, 4.69) is 10.3 Å². The number of nitriles is 1. The van der Waals surface area contributed by atoms with Gasteiger partial charge in [-0.1, -0.05) is 30.3 Å². The van der Waals surface area contributed by atoms with Gasteiger partial charge in [-0.2, -0.15) is 26.9 Å². The second-order valence-corrected chi connectivity index (χ2v) is 6.46. The normalized spacial score (nSPS) is 22.5. The Morgan fingerprint density at radius 1 is 1.23 bits per heavy atom. The highest BCUT2D eigenvalue weighted by Gasteiger charge is 2.49. The van der Waals surface area contributed by atoms with Gasteiger partial charge in [-0.15, -0.1) is 0 Å². The third kappa shape index (κ3) is 3.09. The van der Waals surface area contributed by atoms with Crippen molar-refractivity contribution in [2.24, 2.45) is 0 Å². The van der Waals surface area contributed by atoms with Crippen molar-refractivity contribution in [2.45, 2.75) is 30.2 Å². The van der Waals surface area contributed by atoms with Crippen molar-refractivity contribution in [1.82, 2.24) is 0 Å². The third-order valence-corrected chi connectivity index (χ3v) is 4.52. The van der Waals surface area contributed by atoms with E-state index >= 15 is 0 Å². The maximum absolute atomic E-state index is 12.3. The summed E-state index contributed by atoms with van der Waals surface area (Å²) in [6.07, 6.45) is 1.46. The molecule has 1 aliphatic carbocycles. The summed E-state index contributed by atoms with van der Waals surface area (Å²) in [5.41, 5.74) is -5.60. The number of hydrogen-bond donors (Lipinski definition) is 0. The molecule has 0 aliphatic heterocycles. The van der Waals surface area contributed by atoms with Gasteiger partial charge in [0.2, 0.25) is 0 Å². The fraction of sp³-hybridized carbons (Fsp3) is 0.357. The molecule has 1 unspecified atom stereocenters. The van der Waals surface area contributed by atoms with E-state index in [4.69, 9.17) is 0 Å². The fourth-order valence-electron chi connectivity index (χ4n) is 2.28. The van der Waals surface area contributed by atoms with Crippen LogP contribution in [0.3, 0.4) is 0 Å². The predicted molar refractivity (Wildman–Crippen MR) is 71.7 cm³/mol. The van der Waals surface area contributed by atoms with Crippen molar-refractivity contribution >= 4 is 10.1 Å². The molecule has 8 heteroatoms. The van der Waals surface area contributed by atoms with Crippen LogP contribution in [0.15, 0.2) is 42.2 Å². The first-order valence-electron chi connectivity index (χ1n) is 6.37. The number of nitrogens with zero attached hydrogens (tertiary/aromatic N) is 1. The number of halogens is 3. The lowest BCUT2D eigenvalue weighted by Gasteiger charge is -2.30. The number of hydrogen-bond acceptors (Lipinski definition) is 4. The van der Waals surface area contributed by atoms with Crippen LogP contribution >= 0.6 is 0 Å². The van der Waals surface area contributed by atoms with Crippen LogP contribution in [-0.2, 0) is 19.7 Å². The summed E-state index contributed by atoms with van der Waals surface area (Å²) in [4.78, 5) is 0. The van der Waals surface area contributed by atoms with Gasteiger partial charge in [-0.05, 0) is 24.5 Å². The summed E-state index contributed by atoms with van der Waals surface area (Å²) >= 11 is 0. The van der Waals surface area contributed by atoms with Crippen molar-refractivity contribution in [1.29, 1.82) is 5.26 Å². The van der Waals surface area contributed by atoms with E-state index in [0.717, 1.165) is 5.56 Å². The molecule has 0 saturated heterocycles. The monoisotopic (exact) mass is 331 g/mol. The quantitative estimate of drug-likeness (QED) is 0.629. The highest BCUT2D eigenvalue weighted by molar-refractivity contribution is 7.87. The predicted octanol–water partition coefficient (Wildman–Crippen LogP) is 3.38. The molecule has 1 aromatic rings. The SMILES string of the molecule is N#CC1(c2ccccc2)CC=C(OS(=O)(=O)C(F)(F)F)CC1. The lowest BCUT2D eigenvalue weighted by atomic mass is 9.72. The van der Waals surface area contributed by atoms with Crippen LogP contribution in [0.25, 0.3) is 0 Å². The van der Waals surface area contributed by atoms with E-state index in [9.17, 15) is 26.9 Å². The summed E-state index contributed by atoms with van der Waals surface area (Å²) in [5.74, 6) is -0.279. The van der Waals surface area contributed by atoms with E-state index in [1.807, 2.05) is 0 Å². The molecule has 0 amide bonds. The molecule has 2 rings (SSSR count). The van der Waals surface area contributed by atoms with Gasteiger partial charge in [0, 0.05) is 6.42 Å². The number of rotatable bonds is 3. The fourth-order valence-corrected chi connectivity index (χ4v) is 2.81. The molecular weight excluding hydrogens is 319 g/mol. The van der Waals surface area contributed by atoms with Crippen molar-refractivity contribution in [3.8, 4) is 6.07 Å². The number of allylic oxidation sites excluding steroid dienone is 2. The summed E-state index contributed by atoms with van der Waals surface area (Å²) < 4.78 is 62.9. The molecule has 0 fully saturated rings. The molecule has 0 heterocycles. The molecule has 0 radical (unpaired) electrons. The van der Waals surface area contributed by atoms with Gasteiger partial charge >= 0.3 is 15.6 Å². The van der Waals surface area contributed by atoms with Gasteiger partial charge in [-0.3, -0.25) is 0 Å². The first-order valence-corrected chi connectivity index (χ1v) is 7.78. The minimum atomic E-state index is -5.66. The Hall–Kier alpha value is -2.01. The number of benzene rings is 1. The smallest absolute Gasteiger partial charge is 0.381 e. The molecule has 22 heavy (non-hydrogen) atoms. The van der Waals surface area contributed by atoms with Gasteiger partial charge < -0.3 is 4.18 Å². The zero-order valence-corrected chi connectivity index (χ0v) is 12.1. The zero-order valence-electron chi connectivity index (χ0n) is 11.3. The Labute approximate surface area is 125 Å². The molecule has 0 aromatic heterocycles. The third-order valence-electron chi connectivity index (χ3n) is 3.52. The topological polar surface area (TPSA) is 67.2 Å². The first-order chi connectivity index (χ1) is 10.2. The molecule has 118 valence electrons. The Morgan fingerprint density at radius 2 is 1.86 bits per heavy atom. The van der Waals surface area contributed by atoms with Crippen molar-refractivity contribution < 1.29 is 25.8 Å². The summed E-state index contributed by atoms with van der Waals surface area (Å²) in [5, 5.41) is 9.42. The Kier molecular flexibility index (Phi) is 4.20. The van der Waals surface area contributed by atoms with Gasteiger partial charge in [0.15, 0.2) is 0 Å². The van der Waals surface area contributed by atoms with Crippen LogP contribution in [0.1, 0.15) is 24.8 Å². The van der Waals surface area contributed by atoms with Crippen LogP contribution in [0.4, 0.5) is 13.2 Å². The maximum atomic E-state index is 12.3. The molecule has 1 aromatic carbocycles. The molecule has 1 aliphatic rings. The molecular formula is C14H12F3NO3S. The Morgan fingerprint density at radius 3 is 2.32 bits per heavy atom.